The second-order valence-corrected chi connectivity index (χ2v) is 16.2. The molecule has 0 aliphatic carbocycles. The van der Waals surface area contributed by atoms with Crippen LogP contribution < -0.4 is 0 Å². The van der Waals surface area contributed by atoms with Gasteiger partial charge < -0.3 is 13.6 Å². The lowest BCUT2D eigenvalue weighted by Crippen LogP contribution is -1.95. The zero-order chi connectivity index (χ0) is 41.4. The number of fused-ring (bicyclic) bond motifs is 9. The summed E-state index contributed by atoms with van der Waals surface area (Å²) in [6.45, 7) is 0. The number of nitrogens with zero attached hydrogens (tertiary/aromatic N) is 4. The molecule has 4 aromatic heterocycles. The third-order valence-corrected chi connectivity index (χ3v) is 12.5. The van der Waals surface area contributed by atoms with Gasteiger partial charge in [0.25, 0.3) is 0 Å². The van der Waals surface area contributed by atoms with Gasteiger partial charge in [0.1, 0.15) is 11.2 Å². The van der Waals surface area contributed by atoms with Crippen LogP contribution in [0.15, 0.2) is 223 Å². The van der Waals surface area contributed by atoms with Gasteiger partial charge in [-0.1, -0.05) is 133 Å². The minimum Gasteiger partial charge on any atom is -0.456 e. The molecule has 9 aromatic carbocycles. The van der Waals surface area contributed by atoms with Crippen molar-refractivity contribution in [2.75, 3.05) is 0 Å². The van der Waals surface area contributed by atoms with Crippen LogP contribution in [0.1, 0.15) is 0 Å². The molecule has 0 N–H and O–H groups in total. The van der Waals surface area contributed by atoms with E-state index in [1.54, 1.807) is 0 Å². The number of aromatic nitrogens is 4. The summed E-state index contributed by atoms with van der Waals surface area (Å²) in [7, 11) is 0. The highest BCUT2D eigenvalue weighted by Gasteiger charge is 2.18. The highest BCUT2D eigenvalue weighted by Crippen LogP contribution is 2.40. The highest BCUT2D eigenvalue weighted by molar-refractivity contribution is 6.13. The van der Waals surface area contributed by atoms with Crippen molar-refractivity contribution in [3.05, 3.63) is 218 Å². The van der Waals surface area contributed by atoms with E-state index in [9.17, 15) is 0 Å². The summed E-state index contributed by atoms with van der Waals surface area (Å²) in [5, 5.41) is 7.02. The summed E-state index contributed by atoms with van der Waals surface area (Å²) in [4.78, 5) is 10.1. The normalized spacial score (nSPS) is 11.8. The molecule has 0 atom stereocenters. The van der Waals surface area contributed by atoms with Crippen LogP contribution >= 0.6 is 0 Å². The SMILES string of the molecule is c1ccc(-c2cc(-c3ccccc3)nc(-c3ccc4c(c3)oc3ccc(-n5c6ccccc6c6cc(-c7ccc8c(c7)c7ccccc7n8-c7ccccc7)ccc65)cc34)n2)cc1. The summed E-state index contributed by atoms with van der Waals surface area (Å²) in [5.41, 5.74) is 15.7. The fourth-order valence-electron chi connectivity index (χ4n) is 9.57. The highest BCUT2D eigenvalue weighted by atomic mass is 16.3. The molecule has 5 nitrogen and oxygen atoms in total. The molecule has 0 unspecified atom stereocenters. The first-order chi connectivity index (χ1) is 31.2. The number of rotatable bonds is 6. The lowest BCUT2D eigenvalue weighted by molar-refractivity contribution is 0.669. The zero-order valence-corrected chi connectivity index (χ0v) is 34.0. The van der Waals surface area contributed by atoms with Gasteiger partial charge in [0, 0.05) is 60.4 Å². The molecule has 0 amide bonds. The van der Waals surface area contributed by atoms with Gasteiger partial charge in [-0.25, -0.2) is 9.97 Å². The quantitative estimate of drug-likeness (QED) is 0.168. The number of furan rings is 1. The number of para-hydroxylation sites is 3. The molecule has 0 aliphatic heterocycles. The second-order valence-electron chi connectivity index (χ2n) is 16.2. The van der Waals surface area contributed by atoms with Crippen molar-refractivity contribution in [3.63, 3.8) is 0 Å². The van der Waals surface area contributed by atoms with Crippen molar-refractivity contribution in [3.8, 4) is 56.4 Å². The molecule has 0 fully saturated rings. The smallest absolute Gasteiger partial charge is 0.160 e. The average molecular weight is 805 g/mol. The van der Waals surface area contributed by atoms with Crippen molar-refractivity contribution in [1.29, 1.82) is 0 Å². The van der Waals surface area contributed by atoms with Crippen molar-refractivity contribution >= 4 is 65.6 Å². The zero-order valence-electron chi connectivity index (χ0n) is 34.0. The van der Waals surface area contributed by atoms with Crippen molar-refractivity contribution in [1.82, 2.24) is 19.1 Å². The maximum absolute atomic E-state index is 6.57. The molecule has 4 heterocycles. The summed E-state index contributed by atoms with van der Waals surface area (Å²) >= 11 is 0. The van der Waals surface area contributed by atoms with Crippen molar-refractivity contribution < 1.29 is 4.42 Å². The van der Waals surface area contributed by atoms with Crippen molar-refractivity contribution in [2.45, 2.75) is 0 Å². The van der Waals surface area contributed by atoms with Gasteiger partial charge in [-0.3, -0.25) is 0 Å². The van der Waals surface area contributed by atoms with Gasteiger partial charge in [0.15, 0.2) is 5.82 Å². The molecule has 13 aromatic rings. The monoisotopic (exact) mass is 804 g/mol. The molecule has 0 radical (unpaired) electrons. The Morgan fingerprint density at radius 2 is 0.794 bits per heavy atom. The Kier molecular flexibility index (Phi) is 7.84. The Morgan fingerprint density at radius 1 is 0.286 bits per heavy atom. The third kappa shape index (κ3) is 5.71. The van der Waals surface area contributed by atoms with Crippen LogP contribution in [0.3, 0.4) is 0 Å². The largest absolute Gasteiger partial charge is 0.456 e. The van der Waals surface area contributed by atoms with E-state index in [-0.39, 0.29) is 0 Å². The fraction of sp³-hybridized carbons (Fsp3) is 0. The molecule has 13 rings (SSSR count). The summed E-state index contributed by atoms with van der Waals surface area (Å²) in [6, 6.07) is 77.3. The van der Waals surface area contributed by atoms with Crippen LogP contribution in [0.4, 0.5) is 0 Å². The molecule has 0 spiro atoms. The Morgan fingerprint density at radius 3 is 1.40 bits per heavy atom. The summed E-state index contributed by atoms with van der Waals surface area (Å²) < 4.78 is 11.3. The van der Waals surface area contributed by atoms with E-state index in [1.165, 1.54) is 43.7 Å². The molecule has 0 saturated carbocycles. The molecule has 63 heavy (non-hydrogen) atoms. The van der Waals surface area contributed by atoms with Crippen LogP contribution in [-0.2, 0) is 0 Å². The number of benzene rings is 9. The summed E-state index contributed by atoms with van der Waals surface area (Å²) in [5.74, 6) is 0.654. The van der Waals surface area contributed by atoms with E-state index in [1.807, 2.05) is 36.4 Å². The second kappa shape index (κ2) is 14.0. The lowest BCUT2D eigenvalue weighted by Gasteiger charge is -2.10. The van der Waals surface area contributed by atoms with E-state index in [0.29, 0.717) is 5.82 Å². The molecule has 294 valence electrons. The lowest BCUT2D eigenvalue weighted by atomic mass is 10.0. The molecule has 5 heteroatoms. The van der Waals surface area contributed by atoms with E-state index >= 15 is 0 Å². The van der Waals surface area contributed by atoms with Crippen LogP contribution in [0.5, 0.6) is 0 Å². The third-order valence-electron chi connectivity index (χ3n) is 12.5. The predicted octanol–water partition coefficient (Wildman–Crippen LogP) is 15.2. The Labute approximate surface area is 362 Å². The molecular formula is C58H36N4O. The van der Waals surface area contributed by atoms with Crippen LogP contribution in [0, 0.1) is 0 Å². The van der Waals surface area contributed by atoms with E-state index in [0.717, 1.165) is 72.4 Å². The van der Waals surface area contributed by atoms with E-state index < -0.39 is 0 Å². The van der Waals surface area contributed by atoms with Gasteiger partial charge in [-0.2, -0.15) is 0 Å². The van der Waals surface area contributed by atoms with Gasteiger partial charge >= 0.3 is 0 Å². The number of hydrogen-bond donors (Lipinski definition) is 0. The first kappa shape index (κ1) is 35.2. The molecule has 0 aliphatic rings. The summed E-state index contributed by atoms with van der Waals surface area (Å²) in [6.07, 6.45) is 0. The Hall–Kier alpha value is -8.54. The van der Waals surface area contributed by atoms with Crippen LogP contribution in [-0.4, -0.2) is 19.1 Å². The Balaban J connectivity index is 0.913. The topological polar surface area (TPSA) is 48.8 Å². The minimum atomic E-state index is 0.654. The molecular weight excluding hydrogens is 769 g/mol. The maximum atomic E-state index is 6.57. The van der Waals surface area contributed by atoms with Crippen LogP contribution in [0.2, 0.25) is 0 Å². The van der Waals surface area contributed by atoms with Gasteiger partial charge in [0.05, 0.1) is 33.5 Å². The average Bonchev–Trinajstić information content (AvgIpc) is 4.01. The fourth-order valence-corrected chi connectivity index (χ4v) is 9.57. The van der Waals surface area contributed by atoms with E-state index in [4.69, 9.17) is 14.4 Å². The Bertz CT molecular complexity index is 3840. The van der Waals surface area contributed by atoms with Gasteiger partial charge in [-0.05, 0) is 96.1 Å². The van der Waals surface area contributed by atoms with Crippen LogP contribution in [0.25, 0.3) is 122 Å². The van der Waals surface area contributed by atoms with Gasteiger partial charge in [0.2, 0.25) is 0 Å². The molecule has 0 saturated heterocycles. The van der Waals surface area contributed by atoms with E-state index in [2.05, 4.69) is 191 Å². The van der Waals surface area contributed by atoms with Crippen molar-refractivity contribution in [2.24, 2.45) is 0 Å². The first-order valence-corrected chi connectivity index (χ1v) is 21.3. The maximum Gasteiger partial charge on any atom is 0.160 e. The molecule has 0 bridgehead atoms. The first-order valence-electron chi connectivity index (χ1n) is 21.3. The predicted molar refractivity (Wildman–Crippen MR) is 260 cm³/mol. The standard InChI is InChI=1S/C58H36N4O/c1-4-14-37(15-5-1)50-36-51(38-16-6-2-7-17-38)60-58(59-50)41-24-28-46-49-35-43(27-31-56(49)63-57(46)34-41)62-53-23-13-11-21-45(53)48-33-40(26-30-55(48)62)39-25-29-54-47(32-39)44-20-10-12-22-52(44)61(54)42-18-8-3-9-19-42/h1-36H. The minimum absolute atomic E-state index is 0.654. The number of hydrogen-bond acceptors (Lipinski definition) is 3. The van der Waals surface area contributed by atoms with Gasteiger partial charge in [-0.15, -0.1) is 0 Å².